The van der Waals surface area contributed by atoms with Crippen molar-refractivity contribution in [1.29, 1.82) is 0 Å². The third-order valence-corrected chi connectivity index (χ3v) is 5.44. The minimum absolute atomic E-state index is 0.122. The maximum atomic E-state index is 14.5. The number of thiophene rings is 1. The van der Waals surface area contributed by atoms with Gasteiger partial charge in [-0.15, -0.1) is 11.3 Å². The van der Waals surface area contributed by atoms with Gasteiger partial charge in [0.25, 0.3) is 5.56 Å². The van der Waals surface area contributed by atoms with E-state index in [1.165, 1.54) is 17.4 Å². The maximum Gasteiger partial charge on any atom is 0.266 e. The van der Waals surface area contributed by atoms with Gasteiger partial charge < -0.3 is 15.5 Å². The van der Waals surface area contributed by atoms with Crippen molar-refractivity contribution in [2.75, 3.05) is 13.7 Å². The number of benzene rings is 2. The molecule has 0 saturated heterocycles. The number of rotatable bonds is 4. The molecule has 6 heteroatoms. The molecule has 4 aromatic rings. The minimum Gasteiger partial charge on any atom is -0.496 e. The summed E-state index contributed by atoms with van der Waals surface area (Å²) < 4.78 is 20.7. The highest BCUT2D eigenvalue weighted by Crippen LogP contribution is 2.40. The van der Waals surface area contributed by atoms with E-state index in [0.29, 0.717) is 40.1 Å². The van der Waals surface area contributed by atoms with E-state index in [-0.39, 0.29) is 11.4 Å². The summed E-state index contributed by atoms with van der Waals surface area (Å²) in [6.07, 6.45) is 0.487. The fourth-order valence-electron chi connectivity index (χ4n) is 3.35. The predicted molar refractivity (Wildman–Crippen MR) is 105 cm³/mol. The highest BCUT2D eigenvalue weighted by Gasteiger charge is 2.17. The second-order valence-electron chi connectivity index (χ2n) is 6.03. The van der Waals surface area contributed by atoms with Crippen molar-refractivity contribution in [3.63, 3.8) is 0 Å². The molecule has 2 aromatic carbocycles. The number of halogens is 1. The van der Waals surface area contributed by atoms with Gasteiger partial charge in [0.1, 0.15) is 16.3 Å². The number of ether oxygens (including phenoxy) is 1. The Morgan fingerprint density at radius 1 is 1.23 bits per heavy atom. The Labute approximate surface area is 153 Å². The number of nitrogens with one attached hydrogen (secondary N) is 1. The third-order valence-electron chi connectivity index (χ3n) is 4.53. The van der Waals surface area contributed by atoms with Gasteiger partial charge in [-0.2, -0.15) is 0 Å². The Morgan fingerprint density at radius 3 is 2.81 bits per heavy atom. The lowest BCUT2D eigenvalue weighted by molar-refractivity contribution is 0.417. The molecule has 2 heterocycles. The van der Waals surface area contributed by atoms with Crippen molar-refractivity contribution >= 4 is 32.3 Å². The van der Waals surface area contributed by atoms with Crippen molar-refractivity contribution in [1.82, 2.24) is 4.98 Å². The molecule has 0 unspecified atom stereocenters. The van der Waals surface area contributed by atoms with Crippen LogP contribution in [0.25, 0.3) is 32.1 Å². The van der Waals surface area contributed by atoms with E-state index >= 15 is 0 Å². The Hall–Kier alpha value is -2.70. The molecule has 0 bridgehead atoms. The second kappa shape index (κ2) is 6.55. The fraction of sp³-hybridized carbons (Fsp3) is 0.150. The molecule has 0 aliphatic rings. The van der Waals surface area contributed by atoms with Crippen molar-refractivity contribution < 1.29 is 9.13 Å². The van der Waals surface area contributed by atoms with Crippen LogP contribution in [0.1, 0.15) is 5.56 Å². The third kappa shape index (κ3) is 2.58. The highest BCUT2D eigenvalue weighted by atomic mass is 32.1. The van der Waals surface area contributed by atoms with E-state index in [0.717, 1.165) is 16.3 Å². The molecule has 0 spiro atoms. The Morgan fingerprint density at radius 2 is 2.08 bits per heavy atom. The summed E-state index contributed by atoms with van der Waals surface area (Å²) in [4.78, 5) is 15.2. The van der Waals surface area contributed by atoms with Gasteiger partial charge in [-0.05, 0) is 53.7 Å². The summed E-state index contributed by atoms with van der Waals surface area (Å²) in [5.74, 6) is 0.334. The molecule has 2 aromatic heterocycles. The van der Waals surface area contributed by atoms with E-state index in [2.05, 4.69) is 4.98 Å². The van der Waals surface area contributed by atoms with Crippen molar-refractivity contribution in [3.8, 4) is 16.9 Å². The first kappa shape index (κ1) is 16.8. The van der Waals surface area contributed by atoms with Crippen molar-refractivity contribution in [2.24, 2.45) is 5.73 Å². The van der Waals surface area contributed by atoms with Crippen LogP contribution in [0.2, 0.25) is 0 Å². The van der Waals surface area contributed by atoms with Crippen LogP contribution in [-0.2, 0) is 6.42 Å². The quantitative estimate of drug-likeness (QED) is 0.571. The van der Waals surface area contributed by atoms with Crippen LogP contribution in [0.3, 0.4) is 0 Å². The zero-order valence-corrected chi connectivity index (χ0v) is 15.0. The molecule has 0 aliphatic heterocycles. The molecule has 0 atom stereocenters. The SMILES string of the molecule is COc1ccc2[nH]c(=O)c3sccc3c2c1-c1ccc(CCN)c(F)c1. The number of methoxy groups -OCH3 is 1. The number of H-pyrrole nitrogens is 1. The van der Waals surface area contributed by atoms with Gasteiger partial charge in [-0.25, -0.2) is 4.39 Å². The van der Waals surface area contributed by atoms with Crippen LogP contribution in [-0.4, -0.2) is 18.6 Å². The van der Waals surface area contributed by atoms with Gasteiger partial charge in [0.2, 0.25) is 0 Å². The molecule has 3 N–H and O–H groups in total. The summed E-state index contributed by atoms with van der Waals surface area (Å²) in [7, 11) is 1.58. The van der Waals surface area contributed by atoms with Crippen LogP contribution >= 0.6 is 11.3 Å². The lowest BCUT2D eigenvalue weighted by Crippen LogP contribution is -2.06. The molecule has 0 amide bonds. The molecular formula is C20H17FN2O2S. The summed E-state index contributed by atoms with van der Waals surface area (Å²) in [5.41, 5.74) is 8.17. The topological polar surface area (TPSA) is 68.1 Å². The van der Waals surface area contributed by atoms with Gasteiger partial charge in [-0.3, -0.25) is 4.79 Å². The normalized spacial score (nSPS) is 11.3. The van der Waals surface area contributed by atoms with Crippen LogP contribution in [0, 0.1) is 5.82 Å². The molecule has 26 heavy (non-hydrogen) atoms. The summed E-state index contributed by atoms with van der Waals surface area (Å²) in [5, 5.41) is 3.58. The van der Waals surface area contributed by atoms with E-state index in [1.54, 1.807) is 19.2 Å². The van der Waals surface area contributed by atoms with Crippen LogP contribution in [0.5, 0.6) is 5.75 Å². The number of aromatic nitrogens is 1. The van der Waals surface area contributed by atoms with Crippen LogP contribution in [0.4, 0.5) is 4.39 Å². The first-order valence-electron chi connectivity index (χ1n) is 8.23. The first-order valence-corrected chi connectivity index (χ1v) is 9.11. The van der Waals surface area contributed by atoms with Crippen molar-refractivity contribution in [2.45, 2.75) is 6.42 Å². The predicted octanol–water partition coefficient (Wildman–Crippen LogP) is 4.06. The second-order valence-corrected chi connectivity index (χ2v) is 6.94. The van der Waals surface area contributed by atoms with Gasteiger partial charge in [-0.1, -0.05) is 12.1 Å². The molecule has 0 aliphatic carbocycles. The number of hydrogen-bond donors (Lipinski definition) is 2. The number of aromatic amines is 1. The summed E-state index contributed by atoms with van der Waals surface area (Å²) in [6, 6.07) is 10.7. The Balaban J connectivity index is 2.09. The highest BCUT2D eigenvalue weighted by molar-refractivity contribution is 7.17. The van der Waals surface area contributed by atoms with Gasteiger partial charge in [0.15, 0.2) is 0 Å². The molecule has 4 nitrogen and oxygen atoms in total. The Kier molecular flexibility index (Phi) is 4.22. The van der Waals surface area contributed by atoms with E-state index in [1.807, 2.05) is 23.6 Å². The summed E-state index contributed by atoms with van der Waals surface area (Å²) >= 11 is 1.39. The lowest BCUT2D eigenvalue weighted by Gasteiger charge is -2.14. The molecule has 4 rings (SSSR count). The molecule has 0 fully saturated rings. The fourth-order valence-corrected chi connectivity index (χ4v) is 4.14. The largest absolute Gasteiger partial charge is 0.496 e. The zero-order valence-electron chi connectivity index (χ0n) is 14.1. The first-order chi connectivity index (χ1) is 12.6. The number of pyridine rings is 1. The number of nitrogens with two attached hydrogens (primary N) is 1. The van der Waals surface area contributed by atoms with Crippen LogP contribution in [0.15, 0.2) is 46.6 Å². The molecular weight excluding hydrogens is 351 g/mol. The van der Waals surface area contributed by atoms with Gasteiger partial charge in [0.05, 0.1) is 7.11 Å². The number of fused-ring (bicyclic) bond motifs is 3. The van der Waals surface area contributed by atoms with E-state index in [9.17, 15) is 9.18 Å². The Bertz CT molecular complexity index is 1180. The molecule has 0 saturated carbocycles. The zero-order chi connectivity index (χ0) is 18.3. The van der Waals surface area contributed by atoms with Crippen molar-refractivity contribution in [3.05, 3.63) is 63.5 Å². The summed E-state index contributed by atoms with van der Waals surface area (Å²) in [6.45, 7) is 0.393. The molecule has 0 radical (unpaired) electrons. The molecule has 132 valence electrons. The minimum atomic E-state index is -0.294. The van der Waals surface area contributed by atoms with E-state index < -0.39 is 0 Å². The lowest BCUT2D eigenvalue weighted by atomic mass is 9.96. The maximum absolute atomic E-state index is 14.5. The van der Waals surface area contributed by atoms with Crippen LogP contribution < -0.4 is 16.0 Å². The average Bonchev–Trinajstić information content (AvgIpc) is 3.13. The number of hydrogen-bond acceptors (Lipinski definition) is 4. The average molecular weight is 368 g/mol. The standard InChI is InChI=1S/C20H17FN2O2S/c1-25-16-5-4-15-18(13-7-9-26-19(13)20(24)23-15)17(16)12-3-2-11(6-8-22)14(21)10-12/h2-5,7,9-10H,6,8,22H2,1H3,(H,23,24). The van der Waals surface area contributed by atoms with Gasteiger partial charge in [0, 0.05) is 21.9 Å². The van der Waals surface area contributed by atoms with E-state index in [4.69, 9.17) is 10.5 Å². The van der Waals surface area contributed by atoms with Gasteiger partial charge >= 0.3 is 0 Å². The monoisotopic (exact) mass is 368 g/mol. The smallest absolute Gasteiger partial charge is 0.266 e.